The van der Waals surface area contributed by atoms with Crippen molar-refractivity contribution >= 4 is 23.4 Å². The Morgan fingerprint density at radius 2 is 2.29 bits per heavy atom. The average Bonchev–Trinajstić information content (AvgIpc) is 3.25. The molecule has 1 fully saturated rings. The largest absolute Gasteiger partial charge is 0.398 e. The molecule has 0 atom stereocenters. The lowest BCUT2D eigenvalue weighted by atomic mass is 10.2. The third-order valence-corrected chi connectivity index (χ3v) is 4.33. The van der Waals surface area contributed by atoms with Crippen LogP contribution in [0.2, 0.25) is 0 Å². The number of nitrogens with zero attached hydrogens (tertiary/aromatic N) is 2. The van der Waals surface area contributed by atoms with E-state index in [0.29, 0.717) is 21.3 Å². The van der Waals surface area contributed by atoms with Gasteiger partial charge in [-0.2, -0.15) is 0 Å². The van der Waals surface area contributed by atoms with E-state index in [0.717, 1.165) is 12.8 Å². The number of anilines is 1. The van der Waals surface area contributed by atoms with Crippen LogP contribution in [0.3, 0.4) is 0 Å². The number of aromatic amines is 1. The van der Waals surface area contributed by atoms with Gasteiger partial charge in [0.1, 0.15) is 0 Å². The third-order valence-electron chi connectivity index (χ3n) is 3.29. The van der Waals surface area contributed by atoms with Crippen molar-refractivity contribution in [1.82, 2.24) is 20.1 Å². The molecule has 0 radical (unpaired) electrons. The molecule has 1 saturated carbocycles. The van der Waals surface area contributed by atoms with Crippen LogP contribution in [0.1, 0.15) is 29.2 Å². The summed E-state index contributed by atoms with van der Waals surface area (Å²) in [5.41, 5.74) is 6.81. The highest BCUT2D eigenvalue weighted by Crippen LogP contribution is 2.38. The van der Waals surface area contributed by atoms with Crippen molar-refractivity contribution in [2.45, 2.75) is 28.9 Å². The molecular formula is C13H15N5O2S. The Morgan fingerprint density at radius 3 is 2.95 bits per heavy atom. The lowest BCUT2D eigenvalue weighted by Crippen LogP contribution is -2.18. The van der Waals surface area contributed by atoms with E-state index in [1.807, 2.05) is 0 Å². The second-order valence-electron chi connectivity index (χ2n) is 4.85. The first-order chi connectivity index (χ1) is 10.1. The van der Waals surface area contributed by atoms with Crippen LogP contribution in [0.5, 0.6) is 0 Å². The minimum Gasteiger partial charge on any atom is -0.398 e. The molecule has 0 spiro atoms. The van der Waals surface area contributed by atoms with E-state index < -0.39 is 0 Å². The maximum absolute atomic E-state index is 11.8. The number of hydrogen-bond acceptors (Lipinski definition) is 5. The number of hydrogen-bond donors (Lipinski definition) is 3. The number of carbonyl (C=O) groups excluding carboxylic acids is 1. The molecule has 4 N–H and O–H groups in total. The molecule has 7 nitrogen and oxygen atoms in total. The standard InChI is InChI=1S/C13H15N5O2S/c1-15-11(19)7-2-5-9(14)10(6-7)21-13-17-16-12(20)18(13)8-3-4-8/h2,5-6,8H,3-4,14H2,1H3,(H,15,19)(H,16,20). The zero-order valence-electron chi connectivity index (χ0n) is 11.4. The maximum Gasteiger partial charge on any atom is 0.344 e. The molecule has 1 aliphatic carbocycles. The lowest BCUT2D eigenvalue weighted by molar-refractivity contribution is 0.0963. The SMILES string of the molecule is CNC(=O)c1ccc(N)c(Sc2n[nH]c(=O)n2C2CC2)c1. The fourth-order valence-electron chi connectivity index (χ4n) is 2.02. The molecule has 1 aliphatic rings. The van der Waals surface area contributed by atoms with E-state index in [2.05, 4.69) is 15.5 Å². The number of benzene rings is 1. The van der Waals surface area contributed by atoms with E-state index in [9.17, 15) is 9.59 Å². The van der Waals surface area contributed by atoms with Gasteiger partial charge in [0.2, 0.25) is 0 Å². The Morgan fingerprint density at radius 1 is 1.52 bits per heavy atom. The first-order valence-corrected chi connectivity index (χ1v) is 7.38. The zero-order valence-corrected chi connectivity index (χ0v) is 12.2. The molecule has 21 heavy (non-hydrogen) atoms. The summed E-state index contributed by atoms with van der Waals surface area (Å²) in [5, 5.41) is 9.65. The number of carbonyl (C=O) groups is 1. The van der Waals surface area contributed by atoms with Gasteiger partial charge in [-0.3, -0.25) is 9.36 Å². The van der Waals surface area contributed by atoms with Crippen molar-refractivity contribution in [3.05, 3.63) is 34.2 Å². The van der Waals surface area contributed by atoms with Crippen molar-refractivity contribution in [2.75, 3.05) is 12.8 Å². The molecule has 110 valence electrons. The van der Waals surface area contributed by atoms with Crippen molar-refractivity contribution in [1.29, 1.82) is 0 Å². The average molecular weight is 305 g/mol. The van der Waals surface area contributed by atoms with E-state index >= 15 is 0 Å². The molecule has 1 heterocycles. The molecule has 0 unspecified atom stereocenters. The topological polar surface area (TPSA) is 106 Å². The monoisotopic (exact) mass is 305 g/mol. The van der Waals surface area contributed by atoms with Gasteiger partial charge in [0.05, 0.1) is 0 Å². The third kappa shape index (κ3) is 2.66. The number of rotatable bonds is 4. The van der Waals surface area contributed by atoms with Crippen molar-refractivity contribution in [3.63, 3.8) is 0 Å². The Kier molecular flexibility index (Phi) is 3.46. The number of H-pyrrole nitrogens is 1. The summed E-state index contributed by atoms with van der Waals surface area (Å²) in [7, 11) is 1.57. The number of amides is 1. The van der Waals surface area contributed by atoms with E-state index in [1.54, 1.807) is 29.8 Å². The van der Waals surface area contributed by atoms with Crippen LogP contribution in [0, 0.1) is 0 Å². The Bertz CT molecular complexity index is 747. The van der Waals surface area contributed by atoms with Crippen molar-refractivity contribution < 1.29 is 4.79 Å². The summed E-state index contributed by atoms with van der Waals surface area (Å²) < 4.78 is 1.65. The van der Waals surface area contributed by atoms with Gasteiger partial charge in [-0.15, -0.1) is 5.10 Å². The molecular weight excluding hydrogens is 290 g/mol. The first-order valence-electron chi connectivity index (χ1n) is 6.56. The van der Waals surface area contributed by atoms with Gasteiger partial charge in [-0.1, -0.05) is 0 Å². The number of nitrogen functional groups attached to an aromatic ring is 1. The van der Waals surface area contributed by atoms with Crippen LogP contribution in [-0.4, -0.2) is 27.7 Å². The minimum atomic E-state index is -0.207. The van der Waals surface area contributed by atoms with Crippen LogP contribution < -0.4 is 16.7 Å². The first kappa shape index (κ1) is 13.7. The van der Waals surface area contributed by atoms with Gasteiger partial charge < -0.3 is 11.1 Å². The Labute approximate surface area is 124 Å². The molecule has 1 aromatic carbocycles. The van der Waals surface area contributed by atoms with Gasteiger partial charge >= 0.3 is 5.69 Å². The Balaban J connectivity index is 1.94. The number of nitrogens with two attached hydrogens (primary N) is 1. The fraction of sp³-hybridized carbons (Fsp3) is 0.308. The normalized spacial score (nSPS) is 14.1. The minimum absolute atomic E-state index is 0.182. The maximum atomic E-state index is 11.8. The smallest absolute Gasteiger partial charge is 0.344 e. The summed E-state index contributed by atoms with van der Waals surface area (Å²) in [4.78, 5) is 24.1. The van der Waals surface area contributed by atoms with Crippen LogP contribution >= 0.6 is 11.8 Å². The van der Waals surface area contributed by atoms with Crippen molar-refractivity contribution in [3.8, 4) is 0 Å². The highest BCUT2D eigenvalue weighted by Gasteiger charge is 2.29. The summed E-state index contributed by atoms with van der Waals surface area (Å²) in [5.74, 6) is -0.182. The second kappa shape index (κ2) is 5.28. The number of aromatic nitrogens is 3. The predicted molar refractivity (Wildman–Crippen MR) is 79.5 cm³/mol. The molecule has 3 rings (SSSR count). The van der Waals surface area contributed by atoms with E-state index in [-0.39, 0.29) is 17.6 Å². The van der Waals surface area contributed by atoms with Crippen LogP contribution in [0.25, 0.3) is 0 Å². The predicted octanol–water partition coefficient (Wildman–Crippen LogP) is 0.999. The lowest BCUT2D eigenvalue weighted by Gasteiger charge is -2.08. The fourth-order valence-corrected chi connectivity index (χ4v) is 3.01. The molecule has 0 saturated heterocycles. The molecule has 1 aromatic heterocycles. The van der Waals surface area contributed by atoms with Crippen LogP contribution in [-0.2, 0) is 0 Å². The highest BCUT2D eigenvalue weighted by atomic mass is 32.2. The summed E-state index contributed by atoms with van der Waals surface area (Å²) in [6.45, 7) is 0. The quantitative estimate of drug-likeness (QED) is 0.731. The van der Waals surface area contributed by atoms with Crippen LogP contribution in [0.4, 0.5) is 5.69 Å². The molecule has 2 aromatic rings. The number of nitrogens with one attached hydrogen (secondary N) is 2. The van der Waals surface area contributed by atoms with Gasteiger partial charge in [0, 0.05) is 29.2 Å². The highest BCUT2D eigenvalue weighted by molar-refractivity contribution is 7.99. The van der Waals surface area contributed by atoms with Crippen molar-refractivity contribution in [2.24, 2.45) is 0 Å². The van der Waals surface area contributed by atoms with E-state index in [1.165, 1.54) is 11.8 Å². The van der Waals surface area contributed by atoms with Gasteiger partial charge in [-0.05, 0) is 42.8 Å². The van der Waals surface area contributed by atoms with Gasteiger partial charge in [0.15, 0.2) is 5.16 Å². The summed E-state index contributed by atoms with van der Waals surface area (Å²) in [6.07, 6.45) is 1.97. The second-order valence-corrected chi connectivity index (χ2v) is 5.86. The molecule has 0 aliphatic heterocycles. The van der Waals surface area contributed by atoms with Gasteiger partial charge in [0.25, 0.3) is 5.91 Å². The zero-order chi connectivity index (χ0) is 15.0. The molecule has 0 bridgehead atoms. The summed E-state index contributed by atoms with van der Waals surface area (Å²) >= 11 is 1.29. The molecule has 8 heteroatoms. The summed E-state index contributed by atoms with van der Waals surface area (Å²) in [6, 6.07) is 5.27. The van der Waals surface area contributed by atoms with Gasteiger partial charge in [-0.25, -0.2) is 9.89 Å². The van der Waals surface area contributed by atoms with E-state index in [4.69, 9.17) is 5.73 Å². The Hall–Kier alpha value is -2.22. The van der Waals surface area contributed by atoms with Crippen LogP contribution in [0.15, 0.2) is 33.0 Å². The molecule has 1 amide bonds.